The minimum atomic E-state index is -1.02. The Morgan fingerprint density at radius 2 is 1.89 bits per heavy atom. The largest absolute Gasteiger partial charge is 0.497 e. The maximum absolute atomic E-state index is 14.0. The van der Waals surface area contributed by atoms with Crippen LogP contribution in [0.4, 0.5) is 0 Å². The molecule has 2 atom stereocenters. The van der Waals surface area contributed by atoms with Gasteiger partial charge < -0.3 is 14.5 Å². The average Bonchev–Trinajstić information content (AvgIpc) is 3.31. The summed E-state index contributed by atoms with van der Waals surface area (Å²) in [4.78, 5) is 43.7. The van der Waals surface area contributed by atoms with Crippen LogP contribution >= 0.6 is 0 Å². The first-order valence-electron chi connectivity index (χ1n) is 11.8. The lowest BCUT2D eigenvalue weighted by atomic mass is 10.0. The second-order valence-electron chi connectivity index (χ2n) is 8.81. The van der Waals surface area contributed by atoms with Gasteiger partial charge in [0, 0.05) is 22.7 Å². The predicted molar refractivity (Wildman–Crippen MR) is 136 cm³/mol. The molecule has 0 amide bonds. The van der Waals surface area contributed by atoms with Crippen LogP contribution in [0.25, 0.3) is 21.8 Å². The third kappa shape index (κ3) is 4.13. The van der Waals surface area contributed by atoms with Crippen molar-refractivity contribution in [2.75, 3.05) is 14.2 Å². The van der Waals surface area contributed by atoms with Gasteiger partial charge in [-0.2, -0.15) is 0 Å². The van der Waals surface area contributed by atoms with Gasteiger partial charge in [0.25, 0.3) is 5.56 Å². The second-order valence-corrected chi connectivity index (χ2v) is 8.81. The lowest BCUT2D eigenvalue weighted by molar-refractivity contribution is -0.145. The smallest absolute Gasteiger partial charge is 0.332 e. The van der Waals surface area contributed by atoms with Crippen molar-refractivity contribution >= 4 is 27.8 Å². The van der Waals surface area contributed by atoms with Crippen molar-refractivity contribution in [1.82, 2.24) is 14.1 Å². The number of rotatable bonds is 8. The van der Waals surface area contributed by atoms with Gasteiger partial charge in [0.2, 0.25) is 0 Å². The fourth-order valence-corrected chi connectivity index (χ4v) is 4.86. The highest BCUT2D eigenvalue weighted by atomic mass is 16.5. The number of H-pyrrole nitrogens is 1. The van der Waals surface area contributed by atoms with Crippen LogP contribution in [-0.2, 0) is 9.53 Å². The van der Waals surface area contributed by atoms with E-state index in [1.165, 1.54) is 14.2 Å². The molecule has 0 bridgehead atoms. The van der Waals surface area contributed by atoms with E-state index in [0.717, 1.165) is 33.0 Å². The normalized spacial score (nSPS) is 13.2. The van der Waals surface area contributed by atoms with Crippen LogP contribution in [-0.4, -0.2) is 34.3 Å². The average molecular weight is 478 g/mol. The summed E-state index contributed by atoms with van der Waals surface area (Å²) in [6, 6.07) is 9.61. The number of carbonyl (C=O) groups is 1. The van der Waals surface area contributed by atoms with Crippen molar-refractivity contribution in [3.05, 3.63) is 74.6 Å². The highest BCUT2D eigenvalue weighted by molar-refractivity contribution is 5.87. The molecule has 4 aromatic rings. The third-order valence-corrected chi connectivity index (χ3v) is 6.72. The van der Waals surface area contributed by atoms with Gasteiger partial charge in [0.15, 0.2) is 0 Å². The summed E-state index contributed by atoms with van der Waals surface area (Å²) < 4.78 is 13.0. The Kier molecular flexibility index (Phi) is 6.82. The lowest BCUT2D eigenvalue weighted by Crippen LogP contribution is -2.45. The first kappa shape index (κ1) is 24.3. The fourth-order valence-electron chi connectivity index (χ4n) is 4.86. The maximum Gasteiger partial charge on any atom is 0.332 e. The van der Waals surface area contributed by atoms with E-state index >= 15 is 0 Å². The number of nitrogens with zero attached hydrogens (tertiary/aromatic N) is 2. The van der Waals surface area contributed by atoms with E-state index < -0.39 is 29.3 Å². The maximum atomic E-state index is 14.0. The monoisotopic (exact) mass is 477 g/mol. The molecule has 0 aliphatic carbocycles. The van der Waals surface area contributed by atoms with Crippen LogP contribution < -0.4 is 16.0 Å². The Hall–Kier alpha value is -3.81. The number of unbranched alkanes of at least 4 members (excludes halogenated alkanes) is 1. The molecule has 2 heterocycles. The SMILES string of the molecule is CCCC[C@@H](C(=O)OC)n1c(=O)c2cc(OC)ccc2n(C(C)c2c[nH]c3cccc(C)c23)c1=O. The summed E-state index contributed by atoms with van der Waals surface area (Å²) in [7, 11) is 2.79. The van der Waals surface area contributed by atoms with Crippen LogP contribution in [0.1, 0.15) is 56.3 Å². The quantitative estimate of drug-likeness (QED) is 0.378. The summed E-state index contributed by atoms with van der Waals surface area (Å²) in [5, 5.41) is 1.33. The molecule has 8 nitrogen and oxygen atoms in total. The third-order valence-electron chi connectivity index (χ3n) is 6.72. The Balaban J connectivity index is 2.07. The number of methoxy groups -OCH3 is 2. The molecule has 2 aromatic heterocycles. The summed E-state index contributed by atoms with van der Waals surface area (Å²) >= 11 is 0. The lowest BCUT2D eigenvalue weighted by Gasteiger charge is -2.23. The molecule has 0 fully saturated rings. The molecule has 0 saturated carbocycles. The number of hydrogen-bond donors (Lipinski definition) is 1. The van der Waals surface area contributed by atoms with Crippen LogP contribution in [0.2, 0.25) is 0 Å². The topological polar surface area (TPSA) is 95.3 Å². The second kappa shape index (κ2) is 9.82. The molecule has 4 rings (SSSR count). The minimum Gasteiger partial charge on any atom is -0.497 e. The van der Waals surface area contributed by atoms with Gasteiger partial charge in [-0.1, -0.05) is 31.9 Å². The minimum absolute atomic E-state index is 0.303. The summed E-state index contributed by atoms with van der Waals surface area (Å²) in [6.45, 7) is 5.94. The molecule has 0 spiro atoms. The highest BCUT2D eigenvalue weighted by Crippen LogP contribution is 2.31. The van der Waals surface area contributed by atoms with E-state index in [9.17, 15) is 14.4 Å². The van der Waals surface area contributed by atoms with Gasteiger partial charge in [-0.3, -0.25) is 9.36 Å². The van der Waals surface area contributed by atoms with Crippen LogP contribution in [0.15, 0.2) is 52.2 Å². The summed E-state index contributed by atoms with van der Waals surface area (Å²) in [5.41, 5.74) is 2.36. The molecule has 0 aliphatic heterocycles. The van der Waals surface area contributed by atoms with Crippen molar-refractivity contribution < 1.29 is 14.3 Å². The van der Waals surface area contributed by atoms with Crippen LogP contribution in [0.5, 0.6) is 5.75 Å². The number of carbonyl (C=O) groups excluding carboxylic acids is 1. The van der Waals surface area contributed by atoms with E-state index in [1.807, 2.05) is 45.2 Å². The van der Waals surface area contributed by atoms with E-state index in [0.29, 0.717) is 29.5 Å². The van der Waals surface area contributed by atoms with Crippen molar-refractivity contribution in [2.24, 2.45) is 0 Å². The predicted octanol–water partition coefficient (Wildman–Crippen LogP) is 4.48. The number of esters is 1. The van der Waals surface area contributed by atoms with E-state index in [2.05, 4.69) is 4.98 Å². The molecule has 184 valence electrons. The summed E-state index contributed by atoms with van der Waals surface area (Å²) in [5.74, 6) is -0.118. The number of hydrogen-bond acceptors (Lipinski definition) is 5. The van der Waals surface area contributed by atoms with Gasteiger partial charge >= 0.3 is 11.7 Å². The van der Waals surface area contributed by atoms with Gasteiger partial charge in [0.1, 0.15) is 11.8 Å². The standard InChI is InChI=1S/C27H31N3O5/c1-6-7-11-23(26(32)35-5)30-25(31)19-14-18(34-4)12-13-22(19)29(27(30)33)17(3)20-15-28-21-10-8-9-16(2)24(20)21/h8-10,12-15,17,23,28H,6-7,11H2,1-5H3/t17?,23-/m0/s1. The van der Waals surface area contributed by atoms with Gasteiger partial charge in [0.05, 0.1) is 31.2 Å². The van der Waals surface area contributed by atoms with Crippen molar-refractivity contribution in [3.63, 3.8) is 0 Å². The van der Waals surface area contributed by atoms with E-state index in [4.69, 9.17) is 9.47 Å². The number of aryl methyl sites for hydroxylation is 1. The molecule has 1 N–H and O–H groups in total. The Morgan fingerprint density at radius 3 is 2.57 bits per heavy atom. The van der Waals surface area contributed by atoms with Gasteiger partial charge in [-0.25, -0.2) is 14.2 Å². The van der Waals surface area contributed by atoms with E-state index in [1.54, 1.807) is 22.8 Å². The van der Waals surface area contributed by atoms with Crippen molar-refractivity contribution in [1.29, 1.82) is 0 Å². The summed E-state index contributed by atoms with van der Waals surface area (Å²) in [6.07, 6.45) is 3.70. The van der Waals surface area contributed by atoms with Crippen molar-refractivity contribution in [2.45, 2.75) is 52.1 Å². The molecule has 0 saturated heterocycles. The number of benzene rings is 2. The number of aromatic amines is 1. The molecule has 1 unspecified atom stereocenters. The Labute approximate surface area is 203 Å². The molecule has 0 aliphatic rings. The first-order chi connectivity index (χ1) is 16.8. The van der Waals surface area contributed by atoms with Gasteiger partial charge in [-0.05, 0) is 50.1 Å². The highest BCUT2D eigenvalue weighted by Gasteiger charge is 2.29. The number of aromatic nitrogens is 3. The zero-order valence-electron chi connectivity index (χ0n) is 20.8. The zero-order chi connectivity index (χ0) is 25.3. The Bertz CT molecular complexity index is 1510. The molecule has 2 aromatic carbocycles. The molecule has 0 radical (unpaired) electrons. The molecular weight excluding hydrogens is 446 g/mol. The Morgan fingerprint density at radius 1 is 1.11 bits per heavy atom. The number of nitrogens with one attached hydrogen (secondary N) is 1. The number of fused-ring (bicyclic) bond motifs is 2. The first-order valence-corrected chi connectivity index (χ1v) is 11.8. The van der Waals surface area contributed by atoms with Crippen molar-refractivity contribution in [3.8, 4) is 5.75 Å². The number of ether oxygens (including phenoxy) is 2. The molecular formula is C27H31N3O5. The van der Waals surface area contributed by atoms with Crippen LogP contribution in [0, 0.1) is 6.92 Å². The molecule has 8 heteroatoms. The zero-order valence-corrected chi connectivity index (χ0v) is 20.8. The molecule has 35 heavy (non-hydrogen) atoms. The van der Waals surface area contributed by atoms with Gasteiger partial charge in [-0.15, -0.1) is 0 Å². The van der Waals surface area contributed by atoms with Crippen LogP contribution in [0.3, 0.4) is 0 Å². The van der Waals surface area contributed by atoms with E-state index in [-0.39, 0.29) is 0 Å². The fraction of sp³-hybridized carbons (Fsp3) is 0.370.